The monoisotopic (exact) mass is 358 g/mol. The molecule has 0 heterocycles. The molecular weight excluding hydrogens is 335 g/mol. The van der Waals surface area contributed by atoms with Crippen LogP contribution in [0.2, 0.25) is 0 Å². The van der Waals surface area contributed by atoms with Crippen LogP contribution in [0.1, 0.15) is 38.8 Å². The average molecular weight is 358 g/mol. The molecular formula is C20H23O4P. The molecule has 0 aliphatic carbocycles. The molecule has 4 nitrogen and oxygen atoms in total. The van der Waals surface area contributed by atoms with Gasteiger partial charge in [0.1, 0.15) is 0 Å². The van der Waals surface area contributed by atoms with E-state index in [4.69, 9.17) is 0 Å². The van der Waals surface area contributed by atoms with Gasteiger partial charge in [0.2, 0.25) is 0 Å². The van der Waals surface area contributed by atoms with Crippen molar-refractivity contribution in [1.82, 2.24) is 0 Å². The maximum absolute atomic E-state index is 11.3. The Morgan fingerprint density at radius 2 is 0.960 bits per heavy atom. The zero-order chi connectivity index (χ0) is 18.8. The second kappa shape index (κ2) is 6.97. The van der Waals surface area contributed by atoms with Crippen LogP contribution < -0.4 is 10.6 Å². The van der Waals surface area contributed by atoms with Crippen LogP contribution in [-0.4, -0.2) is 22.2 Å². The maximum atomic E-state index is 11.3. The summed E-state index contributed by atoms with van der Waals surface area (Å²) >= 11 is 0. The van der Waals surface area contributed by atoms with Gasteiger partial charge < -0.3 is 10.2 Å². The standard InChI is InChI=1S/C20H23O4P/c1-19(2,17(21)22)13-5-9-15(10-6-13)25-16-11-7-14(8-12-16)20(3,4)18(23)24/h5-12,25H,1-4H3,(H,21,22)(H,23,24). The minimum Gasteiger partial charge on any atom is -0.481 e. The third-order valence-corrected chi connectivity index (χ3v) is 5.82. The Morgan fingerprint density at radius 1 is 0.680 bits per heavy atom. The van der Waals surface area contributed by atoms with Gasteiger partial charge in [-0.05, 0) is 49.4 Å². The summed E-state index contributed by atoms with van der Waals surface area (Å²) < 4.78 is 0. The molecule has 2 aromatic carbocycles. The summed E-state index contributed by atoms with van der Waals surface area (Å²) in [4.78, 5) is 22.6. The van der Waals surface area contributed by atoms with Crippen LogP contribution in [0.15, 0.2) is 48.5 Å². The van der Waals surface area contributed by atoms with Crippen molar-refractivity contribution < 1.29 is 19.8 Å². The van der Waals surface area contributed by atoms with Crippen LogP contribution >= 0.6 is 8.58 Å². The molecule has 0 bridgehead atoms. The molecule has 2 N–H and O–H groups in total. The van der Waals surface area contributed by atoms with Gasteiger partial charge in [-0.25, -0.2) is 0 Å². The maximum Gasteiger partial charge on any atom is 0.313 e. The van der Waals surface area contributed by atoms with Crippen molar-refractivity contribution in [3.05, 3.63) is 59.7 Å². The van der Waals surface area contributed by atoms with Crippen LogP contribution in [-0.2, 0) is 20.4 Å². The number of benzene rings is 2. The van der Waals surface area contributed by atoms with Crippen molar-refractivity contribution in [1.29, 1.82) is 0 Å². The summed E-state index contributed by atoms with van der Waals surface area (Å²) in [5, 5.41) is 20.8. The molecule has 0 atom stereocenters. The first-order chi connectivity index (χ1) is 11.5. The van der Waals surface area contributed by atoms with Crippen LogP contribution in [0.4, 0.5) is 0 Å². The number of rotatable bonds is 6. The second-order valence-corrected chi connectivity index (χ2v) is 8.54. The minimum atomic E-state index is -0.911. The molecule has 0 saturated heterocycles. The molecule has 0 amide bonds. The van der Waals surface area contributed by atoms with E-state index in [-0.39, 0.29) is 0 Å². The van der Waals surface area contributed by atoms with Crippen molar-refractivity contribution >= 4 is 31.1 Å². The van der Waals surface area contributed by atoms with Gasteiger partial charge in [-0.3, -0.25) is 9.59 Å². The molecule has 2 aromatic rings. The molecule has 2 rings (SSSR count). The van der Waals surface area contributed by atoms with E-state index in [0.29, 0.717) is 8.58 Å². The fraction of sp³-hybridized carbons (Fsp3) is 0.300. The van der Waals surface area contributed by atoms with Gasteiger partial charge in [0.25, 0.3) is 0 Å². The van der Waals surface area contributed by atoms with E-state index in [1.54, 1.807) is 27.7 Å². The van der Waals surface area contributed by atoms with Crippen LogP contribution in [0, 0.1) is 0 Å². The number of carbonyl (C=O) groups is 2. The summed E-state index contributed by atoms with van der Waals surface area (Å²) in [6, 6.07) is 15.2. The minimum absolute atomic E-state index is 0.430. The lowest BCUT2D eigenvalue weighted by Gasteiger charge is -2.20. The Balaban J connectivity index is 2.15. The van der Waals surface area contributed by atoms with E-state index in [9.17, 15) is 19.8 Å². The normalized spacial score (nSPS) is 12.0. The molecule has 132 valence electrons. The van der Waals surface area contributed by atoms with Crippen LogP contribution in [0.25, 0.3) is 0 Å². The van der Waals surface area contributed by atoms with E-state index >= 15 is 0 Å². The Kier molecular flexibility index (Phi) is 5.34. The van der Waals surface area contributed by atoms with E-state index in [0.717, 1.165) is 21.7 Å². The topological polar surface area (TPSA) is 74.6 Å². The smallest absolute Gasteiger partial charge is 0.313 e. The highest BCUT2D eigenvalue weighted by Gasteiger charge is 2.30. The van der Waals surface area contributed by atoms with Gasteiger partial charge in [0, 0.05) is 0 Å². The lowest BCUT2D eigenvalue weighted by molar-refractivity contribution is -0.143. The summed E-state index contributed by atoms with van der Waals surface area (Å²) in [5.41, 5.74) is -0.281. The SMILES string of the molecule is CC(C)(C(=O)O)c1ccc(Pc2ccc(C(C)(C)C(=O)O)cc2)cc1. The molecule has 25 heavy (non-hydrogen) atoms. The average Bonchev–Trinajstić information content (AvgIpc) is 2.55. The number of hydrogen-bond donors (Lipinski definition) is 2. The van der Waals surface area contributed by atoms with Crippen molar-refractivity contribution in [3.63, 3.8) is 0 Å². The first-order valence-corrected chi connectivity index (χ1v) is 9.00. The number of carboxylic acids is 2. The Bertz CT molecular complexity index is 707. The van der Waals surface area contributed by atoms with Gasteiger partial charge in [-0.2, -0.15) is 0 Å². The predicted molar refractivity (Wildman–Crippen MR) is 102 cm³/mol. The molecule has 5 heteroatoms. The molecule has 0 aliphatic rings. The van der Waals surface area contributed by atoms with Gasteiger partial charge in [-0.1, -0.05) is 57.1 Å². The third-order valence-electron chi connectivity index (χ3n) is 4.57. The zero-order valence-corrected chi connectivity index (χ0v) is 15.8. The van der Waals surface area contributed by atoms with E-state index in [1.165, 1.54) is 0 Å². The molecule has 0 aliphatic heterocycles. The fourth-order valence-corrected chi connectivity index (χ4v) is 3.35. The largest absolute Gasteiger partial charge is 0.481 e. The zero-order valence-electron chi connectivity index (χ0n) is 14.8. The summed E-state index contributed by atoms with van der Waals surface area (Å²) in [7, 11) is 0.430. The molecule has 0 aromatic heterocycles. The molecule has 0 unspecified atom stereocenters. The Labute approximate surface area is 149 Å². The molecule has 0 fully saturated rings. The highest BCUT2D eigenvalue weighted by Crippen LogP contribution is 2.25. The Morgan fingerprint density at radius 3 is 1.20 bits per heavy atom. The lowest BCUT2D eigenvalue weighted by atomic mass is 9.85. The lowest BCUT2D eigenvalue weighted by Crippen LogP contribution is -2.28. The second-order valence-electron chi connectivity index (χ2n) is 7.14. The molecule has 0 radical (unpaired) electrons. The highest BCUT2D eigenvalue weighted by molar-refractivity contribution is 7.55. The van der Waals surface area contributed by atoms with Crippen LogP contribution in [0.3, 0.4) is 0 Å². The van der Waals surface area contributed by atoms with E-state index in [1.807, 2.05) is 48.5 Å². The first kappa shape index (κ1) is 19.1. The third kappa shape index (κ3) is 4.08. The van der Waals surface area contributed by atoms with Crippen molar-refractivity contribution in [2.45, 2.75) is 38.5 Å². The van der Waals surface area contributed by atoms with Gasteiger partial charge in [0.05, 0.1) is 10.8 Å². The quantitative estimate of drug-likeness (QED) is 0.779. The van der Waals surface area contributed by atoms with Crippen molar-refractivity contribution in [3.8, 4) is 0 Å². The number of carboxylic acid groups (broad SMARTS) is 2. The number of hydrogen-bond acceptors (Lipinski definition) is 2. The van der Waals surface area contributed by atoms with Crippen LogP contribution in [0.5, 0.6) is 0 Å². The first-order valence-electron chi connectivity index (χ1n) is 8.00. The van der Waals surface area contributed by atoms with E-state index < -0.39 is 22.8 Å². The molecule has 0 spiro atoms. The van der Waals surface area contributed by atoms with Crippen molar-refractivity contribution in [2.24, 2.45) is 0 Å². The van der Waals surface area contributed by atoms with Gasteiger partial charge >= 0.3 is 11.9 Å². The van der Waals surface area contributed by atoms with Gasteiger partial charge in [0.15, 0.2) is 0 Å². The summed E-state index contributed by atoms with van der Waals surface area (Å²) in [6.07, 6.45) is 0. The molecule has 0 saturated carbocycles. The summed E-state index contributed by atoms with van der Waals surface area (Å²) in [6.45, 7) is 6.76. The summed E-state index contributed by atoms with van der Waals surface area (Å²) in [5.74, 6) is -1.70. The highest BCUT2D eigenvalue weighted by atomic mass is 31.1. The predicted octanol–water partition coefficient (Wildman–Crippen LogP) is 3.04. The Hall–Kier alpha value is -2.19. The fourth-order valence-electron chi connectivity index (χ4n) is 2.35. The van der Waals surface area contributed by atoms with E-state index in [2.05, 4.69) is 0 Å². The van der Waals surface area contributed by atoms with Gasteiger partial charge in [-0.15, -0.1) is 0 Å². The van der Waals surface area contributed by atoms with Crippen molar-refractivity contribution in [2.75, 3.05) is 0 Å². The number of aliphatic carboxylic acids is 2.